The fourth-order valence-electron chi connectivity index (χ4n) is 3.38. The van der Waals surface area contributed by atoms with E-state index in [-0.39, 0.29) is 11.9 Å². The minimum Gasteiger partial charge on any atom is -0.388 e. The first-order valence-electron chi connectivity index (χ1n) is 8.41. The predicted octanol–water partition coefficient (Wildman–Crippen LogP) is 1.41. The number of piperidine rings is 1. The van der Waals surface area contributed by atoms with E-state index in [1.165, 1.54) is 0 Å². The van der Waals surface area contributed by atoms with Crippen LogP contribution in [0.3, 0.4) is 0 Å². The fraction of sp³-hybridized carbons (Fsp3) is 0.588. The van der Waals surface area contributed by atoms with Gasteiger partial charge in [-0.15, -0.1) is 10.2 Å². The number of hydrogen-bond donors (Lipinski definition) is 1. The number of aliphatic hydroxyl groups is 1. The SMILES string of the molecule is CC(C)n1cccc1C(=O)N1CCCC(O)(Cc2nncn2C)C1. The van der Waals surface area contributed by atoms with Crippen molar-refractivity contribution < 1.29 is 9.90 Å². The summed E-state index contributed by atoms with van der Waals surface area (Å²) in [6.45, 7) is 5.10. The van der Waals surface area contributed by atoms with Crippen molar-refractivity contribution >= 4 is 5.91 Å². The van der Waals surface area contributed by atoms with Crippen LogP contribution >= 0.6 is 0 Å². The zero-order valence-corrected chi connectivity index (χ0v) is 14.5. The second kappa shape index (κ2) is 6.39. The van der Waals surface area contributed by atoms with E-state index in [0.717, 1.165) is 12.2 Å². The molecule has 3 heterocycles. The molecule has 7 nitrogen and oxygen atoms in total. The molecule has 1 atom stereocenters. The summed E-state index contributed by atoms with van der Waals surface area (Å²) < 4.78 is 3.78. The Kier molecular flexibility index (Phi) is 4.45. The average Bonchev–Trinajstić information content (AvgIpc) is 3.16. The van der Waals surface area contributed by atoms with Crippen LogP contribution in [0, 0.1) is 0 Å². The number of carbonyl (C=O) groups is 1. The van der Waals surface area contributed by atoms with E-state index in [0.29, 0.717) is 31.6 Å². The normalized spacial score (nSPS) is 21.5. The molecular weight excluding hydrogens is 306 g/mol. The first kappa shape index (κ1) is 16.7. The van der Waals surface area contributed by atoms with E-state index in [1.54, 1.807) is 11.2 Å². The monoisotopic (exact) mass is 331 g/mol. The lowest BCUT2D eigenvalue weighted by Gasteiger charge is -2.39. The third kappa shape index (κ3) is 3.21. The van der Waals surface area contributed by atoms with Crippen LogP contribution in [0.5, 0.6) is 0 Å². The van der Waals surface area contributed by atoms with Crippen molar-refractivity contribution in [1.82, 2.24) is 24.2 Å². The largest absolute Gasteiger partial charge is 0.388 e. The van der Waals surface area contributed by atoms with Crippen molar-refractivity contribution in [2.45, 2.75) is 44.8 Å². The molecule has 1 aliphatic rings. The molecule has 0 aromatic carbocycles. The average molecular weight is 331 g/mol. The molecule has 24 heavy (non-hydrogen) atoms. The molecule has 0 aliphatic carbocycles. The quantitative estimate of drug-likeness (QED) is 0.919. The number of nitrogens with zero attached hydrogens (tertiary/aromatic N) is 5. The van der Waals surface area contributed by atoms with E-state index in [9.17, 15) is 9.90 Å². The molecule has 3 rings (SSSR count). The second-order valence-electron chi connectivity index (χ2n) is 6.98. The summed E-state index contributed by atoms with van der Waals surface area (Å²) in [5.41, 5.74) is -0.280. The van der Waals surface area contributed by atoms with Crippen LogP contribution < -0.4 is 0 Å². The lowest BCUT2D eigenvalue weighted by Crippen LogP contribution is -2.52. The molecule has 2 aromatic rings. The highest BCUT2D eigenvalue weighted by Crippen LogP contribution is 2.26. The van der Waals surface area contributed by atoms with Crippen molar-refractivity contribution in [1.29, 1.82) is 0 Å². The van der Waals surface area contributed by atoms with Gasteiger partial charge in [-0.1, -0.05) is 0 Å². The number of β-amino-alcohol motifs (C(OH)–C–C–N with tert-alkyl or cyclic N) is 1. The predicted molar refractivity (Wildman–Crippen MR) is 89.6 cm³/mol. The summed E-state index contributed by atoms with van der Waals surface area (Å²) in [6, 6.07) is 3.96. The van der Waals surface area contributed by atoms with Crippen molar-refractivity contribution in [2.75, 3.05) is 13.1 Å². The van der Waals surface area contributed by atoms with Crippen molar-refractivity contribution in [3.63, 3.8) is 0 Å². The van der Waals surface area contributed by atoms with E-state index in [2.05, 4.69) is 24.0 Å². The molecule has 2 aromatic heterocycles. The van der Waals surface area contributed by atoms with E-state index in [1.807, 2.05) is 34.5 Å². The summed E-state index contributed by atoms with van der Waals surface area (Å²) in [4.78, 5) is 14.7. The van der Waals surface area contributed by atoms with Gasteiger partial charge in [0, 0.05) is 32.3 Å². The van der Waals surface area contributed by atoms with Crippen LogP contribution in [0.4, 0.5) is 0 Å². The molecule has 0 bridgehead atoms. The molecule has 1 N–H and O–H groups in total. The lowest BCUT2D eigenvalue weighted by atomic mass is 9.89. The summed E-state index contributed by atoms with van der Waals surface area (Å²) in [5.74, 6) is 0.710. The van der Waals surface area contributed by atoms with Crippen molar-refractivity contribution in [3.8, 4) is 0 Å². The fourth-order valence-corrected chi connectivity index (χ4v) is 3.38. The number of likely N-dealkylation sites (tertiary alicyclic amines) is 1. The third-order valence-electron chi connectivity index (χ3n) is 4.69. The summed E-state index contributed by atoms with van der Waals surface area (Å²) in [5, 5.41) is 18.9. The molecule has 0 saturated carbocycles. The van der Waals surface area contributed by atoms with E-state index in [4.69, 9.17) is 0 Å². The Morgan fingerprint density at radius 1 is 1.46 bits per heavy atom. The highest BCUT2D eigenvalue weighted by molar-refractivity contribution is 5.93. The third-order valence-corrected chi connectivity index (χ3v) is 4.69. The maximum absolute atomic E-state index is 12.9. The number of carbonyl (C=O) groups excluding carboxylic acids is 1. The van der Waals surface area contributed by atoms with Crippen LogP contribution in [0.2, 0.25) is 0 Å². The van der Waals surface area contributed by atoms with Gasteiger partial charge in [0.15, 0.2) is 0 Å². The molecule has 1 amide bonds. The van der Waals surface area contributed by atoms with E-state index < -0.39 is 5.60 Å². The molecule has 1 fully saturated rings. The topological polar surface area (TPSA) is 76.2 Å². The highest BCUT2D eigenvalue weighted by Gasteiger charge is 2.37. The van der Waals surface area contributed by atoms with Gasteiger partial charge < -0.3 is 19.1 Å². The Labute approximate surface area is 141 Å². The Hall–Kier alpha value is -2.15. The first-order valence-corrected chi connectivity index (χ1v) is 8.41. The van der Waals surface area contributed by atoms with Crippen LogP contribution in [0.1, 0.15) is 49.0 Å². The van der Waals surface area contributed by atoms with Gasteiger partial charge in [-0.2, -0.15) is 0 Å². The van der Waals surface area contributed by atoms with Gasteiger partial charge in [-0.05, 0) is 38.8 Å². The number of aromatic nitrogens is 4. The molecule has 7 heteroatoms. The Morgan fingerprint density at radius 3 is 2.92 bits per heavy atom. The van der Waals surface area contributed by atoms with Gasteiger partial charge in [-0.25, -0.2) is 0 Å². The first-order chi connectivity index (χ1) is 11.4. The smallest absolute Gasteiger partial charge is 0.270 e. The van der Waals surface area contributed by atoms with Gasteiger partial charge in [0.25, 0.3) is 5.91 Å². The molecule has 1 saturated heterocycles. The van der Waals surface area contributed by atoms with Gasteiger partial charge in [-0.3, -0.25) is 4.79 Å². The summed E-state index contributed by atoms with van der Waals surface area (Å²) >= 11 is 0. The van der Waals surface area contributed by atoms with Crippen LogP contribution in [-0.2, 0) is 13.5 Å². The number of aryl methyl sites for hydroxylation is 1. The van der Waals surface area contributed by atoms with E-state index >= 15 is 0 Å². The Morgan fingerprint density at radius 2 is 2.25 bits per heavy atom. The minimum absolute atomic E-state index is 0.0233. The zero-order valence-electron chi connectivity index (χ0n) is 14.5. The van der Waals surface area contributed by atoms with Crippen molar-refractivity contribution in [3.05, 3.63) is 36.2 Å². The van der Waals surface area contributed by atoms with Gasteiger partial charge in [0.2, 0.25) is 0 Å². The molecule has 1 aliphatic heterocycles. The van der Waals surface area contributed by atoms with Gasteiger partial charge in [0.05, 0.1) is 12.1 Å². The van der Waals surface area contributed by atoms with Gasteiger partial charge in [0.1, 0.15) is 17.8 Å². The zero-order chi connectivity index (χ0) is 17.3. The Balaban J connectivity index is 1.76. The number of hydrogen-bond acceptors (Lipinski definition) is 4. The molecule has 0 spiro atoms. The molecule has 130 valence electrons. The molecule has 1 unspecified atom stereocenters. The highest BCUT2D eigenvalue weighted by atomic mass is 16.3. The minimum atomic E-state index is -0.954. The Bertz CT molecular complexity index is 720. The lowest BCUT2D eigenvalue weighted by molar-refractivity contribution is -0.0261. The number of rotatable bonds is 4. The maximum Gasteiger partial charge on any atom is 0.270 e. The second-order valence-corrected chi connectivity index (χ2v) is 6.98. The van der Waals surface area contributed by atoms with Crippen LogP contribution in [-0.4, -0.2) is 53.9 Å². The molecule has 0 radical (unpaired) electrons. The van der Waals surface area contributed by atoms with Gasteiger partial charge >= 0.3 is 0 Å². The van der Waals surface area contributed by atoms with Crippen LogP contribution in [0.15, 0.2) is 24.7 Å². The van der Waals surface area contributed by atoms with Crippen molar-refractivity contribution in [2.24, 2.45) is 7.05 Å². The molecular formula is C17H25N5O2. The summed E-state index contributed by atoms with van der Waals surface area (Å²) in [6.07, 6.45) is 5.39. The standard InChI is InChI=1S/C17H25N5O2/c1-13(2)22-9-4-6-14(22)16(23)21-8-5-7-17(24,11-21)10-15-19-18-12-20(15)3/h4,6,9,12-13,24H,5,7-8,10-11H2,1-3H3. The summed E-state index contributed by atoms with van der Waals surface area (Å²) in [7, 11) is 1.86. The maximum atomic E-state index is 12.9. The van der Waals surface area contributed by atoms with Crippen LogP contribution in [0.25, 0.3) is 0 Å². The number of amides is 1.